The lowest BCUT2D eigenvalue weighted by Crippen LogP contribution is -2.44. The number of hydrogen-bond donors (Lipinski definition) is 1. The number of carbonyl (C=O) groups is 2. The summed E-state index contributed by atoms with van der Waals surface area (Å²) >= 11 is 7.58. The van der Waals surface area contributed by atoms with Crippen LogP contribution in [0.15, 0.2) is 54.6 Å². The van der Waals surface area contributed by atoms with Crippen molar-refractivity contribution in [1.29, 1.82) is 0 Å². The maximum absolute atomic E-state index is 12.5. The first-order valence-corrected chi connectivity index (χ1v) is 9.29. The van der Waals surface area contributed by atoms with Crippen molar-refractivity contribution in [3.05, 3.63) is 65.2 Å². The molecule has 1 saturated heterocycles. The fourth-order valence-electron chi connectivity index (χ4n) is 2.42. The summed E-state index contributed by atoms with van der Waals surface area (Å²) in [6.45, 7) is 0.180. The average Bonchev–Trinajstić information content (AvgIpc) is 3.12. The molecule has 130 valence electrons. The van der Waals surface area contributed by atoms with Crippen LogP contribution in [0, 0.1) is 0 Å². The second-order valence-corrected chi connectivity index (χ2v) is 6.90. The van der Waals surface area contributed by atoms with Crippen molar-refractivity contribution in [3.8, 4) is 0 Å². The third kappa shape index (κ3) is 4.46. The Morgan fingerprint density at radius 1 is 1.16 bits per heavy atom. The molecule has 0 radical (unpaired) electrons. The molecule has 1 heterocycles. The van der Waals surface area contributed by atoms with E-state index in [9.17, 15) is 9.59 Å². The van der Waals surface area contributed by atoms with Crippen LogP contribution in [0.25, 0.3) is 0 Å². The van der Waals surface area contributed by atoms with Crippen molar-refractivity contribution < 1.29 is 14.3 Å². The van der Waals surface area contributed by atoms with Gasteiger partial charge in [0, 0.05) is 5.75 Å². The highest BCUT2D eigenvalue weighted by Crippen LogP contribution is 2.25. The summed E-state index contributed by atoms with van der Waals surface area (Å²) in [7, 11) is 0. The van der Waals surface area contributed by atoms with E-state index in [4.69, 9.17) is 16.3 Å². The van der Waals surface area contributed by atoms with Crippen LogP contribution in [0.4, 0.5) is 10.5 Å². The van der Waals surface area contributed by atoms with Crippen molar-refractivity contribution in [1.82, 2.24) is 4.90 Å². The number of thioether (sulfide) groups is 1. The van der Waals surface area contributed by atoms with E-state index in [2.05, 4.69) is 5.32 Å². The molecule has 0 saturated carbocycles. The van der Waals surface area contributed by atoms with Gasteiger partial charge in [0.15, 0.2) is 0 Å². The van der Waals surface area contributed by atoms with Crippen LogP contribution in [-0.4, -0.2) is 34.6 Å². The van der Waals surface area contributed by atoms with E-state index < -0.39 is 12.1 Å². The summed E-state index contributed by atoms with van der Waals surface area (Å²) in [5.41, 5.74) is 1.43. The van der Waals surface area contributed by atoms with E-state index in [1.165, 1.54) is 16.7 Å². The lowest BCUT2D eigenvalue weighted by atomic mass is 10.2. The van der Waals surface area contributed by atoms with Crippen LogP contribution >= 0.6 is 23.4 Å². The minimum atomic E-state index is -0.579. The molecular formula is C18H17ClN2O3S. The third-order valence-corrected chi connectivity index (χ3v) is 5.10. The number of ether oxygens (including phenoxy) is 1. The van der Waals surface area contributed by atoms with E-state index in [1.54, 1.807) is 24.3 Å². The zero-order valence-corrected chi connectivity index (χ0v) is 14.9. The van der Waals surface area contributed by atoms with Crippen molar-refractivity contribution >= 4 is 41.1 Å². The molecule has 2 aromatic carbocycles. The molecule has 2 amide bonds. The van der Waals surface area contributed by atoms with Gasteiger partial charge < -0.3 is 10.1 Å². The normalized spacial score (nSPS) is 16.5. The van der Waals surface area contributed by atoms with E-state index in [-0.39, 0.29) is 12.5 Å². The monoisotopic (exact) mass is 376 g/mol. The van der Waals surface area contributed by atoms with Gasteiger partial charge in [0.05, 0.1) is 16.6 Å². The Morgan fingerprint density at radius 3 is 2.64 bits per heavy atom. The molecule has 0 aliphatic carbocycles. The summed E-state index contributed by atoms with van der Waals surface area (Å²) < 4.78 is 5.33. The number of nitrogens with one attached hydrogen (secondary N) is 1. The van der Waals surface area contributed by atoms with E-state index >= 15 is 0 Å². The first-order chi connectivity index (χ1) is 12.1. The standard InChI is InChI=1S/C18H17ClN2O3S/c19-14-8-4-5-9-15(14)20-17(22)16-11-25-12-21(16)18(23)24-10-13-6-2-1-3-7-13/h1-9,16H,10-12H2,(H,20,22)/t16-/m1/s1. The van der Waals surface area contributed by atoms with Crippen molar-refractivity contribution in [2.24, 2.45) is 0 Å². The molecule has 1 N–H and O–H groups in total. The first-order valence-electron chi connectivity index (χ1n) is 7.75. The predicted octanol–water partition coefficient (Wildman–Crippen LogP) is 3.99. The number of rotatable bonds is 4. The van der Waals surface area contributed by atoms with Crippen molar-refractivity contribution in [3.63, 3.8) is 0 Å². The molecule has 5 nitrogen and oxygen atoms in total. The molecule has 0 bridgehead atoms. The lowest BCUT2D eigenvalue weighted by molar-refractivity contribution is -0.119. The zero-order valence-electron chi connectivity index (χ0n) is 13.4. The molecule has 1 aliphatic rings. The van der Waals surface area contributed by atoms with Crippen LogP contribution in [-0.2, 0) is 16.1 Å². The van der Waals surface area contributed by atoms with Crippen LogP contribution in [0.1, 0.15) is 5.56 Å². The van der Waals surface area contributed by atoms with Crippen LogP contribution in [0.2, 0.25) is 5.02 Å². The predicted molar refractivity (Wildman–Crippen MR) is 99.7 cm³/mol. The van der Waals surface area contributed by atoms with Crippen molar-refractivity contribution in [2.75, 3.05) is 16.9 Å². The highest BCUT2D eigenvalue weighted by molar-refractivity contribution is 7.99. The average molecular weight is 377 g/mol. The van der Waals surface area contributed by atoms with Gasteiger partial charge in [-0.15, -0.1) is 11.8 Å². The quantitative estimate of drug-likeness (QED) is 0.876. The van der Waals surface area contributed by atoms with Crippen molar-refractivity contribution in [2.45, 2.75) is 12.6 Å². The number of nitrogens with zero attached hydrogens (tertiary/aromatic N) is 1. The minimum Gasteiger partial charge on any atom is -0.445 e. The number of hydrogen-bond acceptors (Lipinski definition) is 4. The molecule has 7 heteroatoms. The van der Waals surface area contributed by atoms with Gasteiger partial charge in [-0.25, -0.2) is 4.79 Å². The minimum absolute atomic E-state index is 0.180. The van der Waals surface area contributed by atoms with E-state index in [0.717, 1.165) is 5.56 Å². The van der Waals surface area contributed by atoms with Gasteiger partial charge in [-0.05, 0) is 17.7 Å². The number of halogens is 1. The highest BCUT2D eigenvalue weighted by atomic mass is 35.5. The van der Waals surface area contributed by atoms with Gasteiger partial charge in [-0.2, -0.15) is 0 Å². The fourth-order valence-corrected chi connectivity index (χ4v) is 3.75. The maximum Gasteiger partial charge on any atom is 0.411 e. The molecule has 0 spiro atoms. The first kappa shape index (κ1) is 17.6. The summed E-state index contributed by atoms with van der Waals surface area (Å²) in [6, 6.07) is 15.9. The third-order valence-electron chi connectivity index (χ3n) is 3.76. The molecule has 1 aliphatic heterocycles. The lowest BCUT2D eigenvalue weighted by Gasteiger charge is -2.22. The maximum atomic E-state index is 12.5. The van der Waals surface area contributed by atoms with Gasteiger partial charge in [0.1, 0.15) is 12.6 Å². The Bertz CT molecular complexity index is 757. The summed E-state index contributed by atoms with van der Waals surface area (Å²) in [4.78, 5) is 26.3. The van der Waals surface area contributed by atoms with Gasteiger partial charge in [-0.1, -0.05) is 54.1 Å². The molecular weight excluding hydrogens is 360 g/mol. The number of para-hydroxylation sites is 1. The second kappa shape index (κ2) is 8.27. The summed E-state index contributed by atoms with van der Waals surface area (Å²) in [6.07, 6.45) is -0.492. The van der Waals surface area contributed by atoms with Crippen LogP contribution < -0.4 is 5.32 Å². The Kier molecular flexibility index (Phi) is 5.83. The molecule has 25 heavy (non-hydrogen) atoms. The number of anilines is 1. The van der Waals surface area contributed by atoms with E-state index in [0.29, 0.717) is 22.3 Å². The molecule has 1 atom stereocenters. The smallest absolute Gasteiger partial charge is 0.411 e. The largest absolute Gasteiger partial charge is 0.445 e. The topological polar surface area (TPSA) is 58.6 Å². The van der Waals surface area contributed by atoms with Crippen LogP contribution in [0.3, 0.4) is 0 Å². The molecule has 2 aromatic rings. The number of carbonyl (C=O) groups excluding carboxylic acids is 2. The van der Waals surface area contributed by atoms with E-state index in [1.807, 2.05) is 30.3 Å². The Hall–Kier alpha value is -2.18. The summed E-state index contributed by atoms with van der Waals surface area (Å²) in [5.74, 6) is 0.681. The molecule has 0 aromatic heterocycles. The SMILES string of the molecule is O=C(Nc1ccccc1Cl)[C@H]1CSCN1C(=O)OCc1ccccc1. The fraction of sp³-hybridized carbons (Fsp3) is 0.222. The number of amides is 2. The molecule has 0 unspecified atom stereocenters. The van der Waals surface area contributed by atoms with Gasteiger partial charge in [0.25, 0.3) is 0 Å². The highest BCUT2D eigenvalue weighted by Gasteiger charge is 2.35. The zero-order chi connectivity index (χ0) is 17.6. The molecule has 3 rings (SSSR count). The van der Waals surface area contributed by atoms with Gasteiger partial charge >= 0.3 is 6.09 Å². The Labute approximate surface area is 155 Å². The number of benzene rings is 2. The summed E-state index contributed by atoms with van der Waals surface area (Å²) in [5, 5.41) is 3.24. The Balaban J connectivity index is 1.60. The van der Waals surface area contributed by atoms with Gasteiger partial charge in [-0.3, -0.25) is 9.69 Å². The Morgan fingerprint density at radius 2 is 1.88 bits per heavy atom. The molecule has 1 fully saturated rings. The van der Waals surface area contributed by atoms with Crippen LogP contribution in [0.5, 0.6) is 0 Å². The second-order valence-electron chi connectivity index (χ2n) is 5.49. The van der Waals surface area contributed by atoms with Gasteiger partial charge in [0.2, 0.25) is 5.91 Å².